The van der Waals surface area contributed by atoms with Crippen molar-refractivity contribution in [3.63, 3.8) is 0 Å². The topological polar surface area (TPSA) is 122 Å². The second-order valence-corrected chi connectivity index (χ2v) is 10.9. The Bertz CT molecular complexity index is 1870. The maximum atomic E-state index is 13.5. The van der Waals surface area contributed by atoms with Crippen LogP contribution in [-0.2, 0) is 9.59 Å². The van der Waals surface area contributed by atoms with Crippen molar-refractivity contribution >= 4 is 57.8 Å². The number of nitrogens with one attached hydrogen (secondary N) is 4. The fourth-order valence-corrected chi connectivity index (χ4v) is 5.40. The molecule has 0 saturated carbocycles. The Morgan fingerprint density at radius 1 is 0.795 bits per heavy atom. The number of amides is 3. The molecule has 0 atom stereocenters. The van der Waals surface area contributed by atoms with E-state index in [0.29, 0.717) is 41.7 Å². The molecule has 4 aromatic carbocycles. The molecule has 0 aliphatic carbocycles. The predicted octanol–water partition coefficient (Wildman–Crippen LogP) is 6.08. The highest BCUT2D eigenvalue weighted by atomic mass is 32.2. The van der Waals surface area contributed by atoms with E-state index in [-0.39, 0.29) is 17.4 Å². The van der Waals surface area contributed by atoms with Crippen molar-refractivity contribution in [1.82, 2.24) is 10.3 Å². The molecule has 0 bridgehead atoms. The number of rotatable bonds is 9. The Morgan fingerprint density at radius 2 is 1.57 bits per heavy atom. The third-order valence-electron chi connectivity index (χ3n) is 6.74. The van der Waals surface area contributed by atoms with Gasteiger partial charge in [-0.1, -0.05) is 42.5 Å². The van der Waals surface area contributed by atoms with Crippen LogP contribution in [0.1, 0.15) is 15.9 Å². The van der Waals surface area contributed by atoms with Gasteiger partial charge in [-0.05, 0) is 54.6 Å². The van der Waals surface area contributed by atoms with Crippen LogP contribution in [0.4, 0.5) is 11.4 Å². The number of hydrogen-bond donors (Lipinski definition) is 4. The van der Waals surface area contributed by atoms with E-state index in [0.717, 1.165) is 21.4 Å². The lowest BCUT2D eigenvalue weighted by atomic mass is 10.1. The van der Waals surface area contributed by atoms with Crippen LogP contribution in [0, 0.1) is 0 Å². The lowest BCUT2D eigenvalue weighted by Gasteiger charge is -2.19. The summed E-state index contributed by atoms with van der Waals surface area (Å²) in [5.41, 5.74) is 3.32. The zero-order chi connectivity index (χ0) is 30.3. The van der Waals surface area contributed by atoms with Gasteiger partial charge in [0.25, 0.3) is 11.8 Å². The molecule has 10 heteroatoms. The van der Waals surface area contributed by atoms with E-state index in [1.54, 1.807) is 72.9 Å². The normalized spacial score (nSPS) is 12.4. The molecule has 0 spiro atoms. The zero-order valence-corrected chi connectivity index (χ0v) is 24.3. The van der Waals surface area contributed by atoms with Gasteiger partial charge in [0.2, 0.25) is 5.91 Å². The van der Waals surface area contributed by atoms with Gasteiger partial charge in [-0.25, -0.2) is 0 Å². The number of para-hydroxylation sites is 1. The molecular weight excluding hydrogens is 576 g/mol. The molecule has 5 aromatic rings. The van der Waals surface area contributed by atoms with E-state index in [2.05, 4.69) is 20.9 Å². The first-order chi connectivity index (χ1) is 21.5. The number of hydrogen-bond acceptors (Lipinski definition) is 6. The first-order valence-electron chi connectivity index (χ1n) is 13.9. The minimum atomic E-state index is -0.488. The summed E-state index contributed by atoms with van der Waals surface area (Å²) in [5, 5.41) is 9.45. The molecule has 44 heavy (non-hydrogen) atoms. The molecule has 1 aromatic heterocycles. The summed E-state index contributed by atoms with van der Waals surface area (Å²) in [5.74, 6) is 0.335. The van der Waals surface area contributed by atoms with Crippen LogP contribution in [0.2, 0.25) is 0 Å². The van der Waals surface area contributed by atoms with Gasteiger partial charge in [-0.3, -0.25) is 14.4 Å². The molecule has 6 rings (SSSR count). The monoisotopic (exact) mass is 604 g/mol. The van der Waals surface area contributed by atoms with Crippen molar-refractivity contribution in [2.24, 2.45) is 0 Å². The first-order valence-corrected chi connectivity index (χ1v) is 14.9. The number of ether oxygens (including phenoxy) is 2. The van der Waals surface area contributed by atoms with E-state index >= 15 is 0 Å². The minimum absolute atomic E-state index is 0.0838. The Morgan fingerprint density at radius 3 is 2.43 bits per heavy atom. The standard InChI is InChI=1S/C34H28N4O5S/c39-32(36-25-13-14-30-31(19-25)43-16-15-42-30)21-44-26-10-6-9-24(18-26)37-34(41)29(38-33(40)22-7-2-1-3-8-22)17-23-20-35-28-12-5-4-11-27(23)28/h1-14,17-20,35H,15-16,21H2,(H,36,39)(H,37,41)(H,38,40)/b29-17-. The number of thioether (sulfide) groups is 1. The van der Waals surface area contributed by atoms with Crippen molar-refractivity contribution in [2.75, 3.05) is 29.6 Å². The predicted molar refractivity (Wildman–Crippen MR) is 172 cm³/mol. The van der Waals surface area contributed by atoms with Crippen LogP contribution in [0.25, 0.3) is 17.0 Å². The van der Waals surface area contributed by atoms with Gasteiger partial charge in [-0.2, -0.15) is 0 Å². The molecule has 0 saturated heterocycles. The number of carbonyl (C=O) groups is 3. The third-order valence-corrected chi connectivity index (χ3v) is 7.73. The molecule has 0 radical (unpaired) electrons. The first kappa shape index (κ1) is 28.6. The van der Waals surface area contributed by atoms with Gasteiger partial charge in [0.05, 0.1) is 5.75 Å². The molecule has 1 aliphatic heterocycles. The summed E-state index contributed by atoms with van der Waals surface area (Å²) in [6.45, 7) is 0.964. The summed E-state index contributed by atoms with van der Waals surface area (Å²) in [7, 11) is 0. The maximum absolute atomic E-state index is 13.5. The van der Waals surface area contributed by atoms with Crippen molar-refractivity contribution in [1.29, 1.82) is 0 Å². The smallest absolute Gasteiger partial charge is 0.272 e. The number of aromatic amines is 1. The van der Waals surface area contributed by atoms with E-state index in [9.17, 15) is 14.4 Å². The molecule has 9 nitrogen and oxygen atoms in total. The Hall–Kier alpha value is -5.48. The van der Waals surface area contributed by atoms with Gasteiger partial charge < -0.3 is 30.4 Å². The largest absolute Gasteiger partial charge is 0.486 e. The number of aromatic nitrogens is 1. The summed E-state index contributed by atoms with van der Waals surface area (Å²) < 4.78 is 11.1. The second kappa shape index (κ2) is 13.2. The van der Waals surface area contributed by atoms with Crippen molar-refractivity contribution in [3.05, 3.63) is 120 Å². The fourth-order valence-electron chi connectivity index (χ4n) is 4.64. The van der Waals surface area contributed by atoms with Crippen molar-refractivity contribution in [2.45, 2.75) is 4.90 Å². The molecule has 4 N–H and O–H groups in total. The lowest BCUT2D eigenvalue weighted by molar-refractivity contribution is -0.114. The highest BCUT2D eigenvalue weighted by molar-refractivity contribution is 8.00. The Balaban J connectivity index is 1.14. The average molecular weight is 605 g/mol. The minimum Gasteiger partial charge on any atom is -0.486 e. The van der Waals surface area contributed by atoms with Gasteiger partial charge in [-0.15, -0.1) is 11.8 Å². The average Bonchev–Trinajstić information content (AvgIpc) is 3.46. The SMILES string of the molecule is O=C(CSc1cccc(NC(=O)/C(=C/c2c[nH]c3ccccc23)NC(=O)c2ccccc2)c1)Nc1ccc2c(c1)OCCO2. The summed E-state index contributed by atoms with van der Waals surface area (Å²) in [6, 6.07) is 28.9. The van der Waals surface area contributed by atoms with E-state index in [4.69, 9.17) is 9.47 Å². The molecule has 0 unspecified atom stereocenters. The zero-order valence-electron chi connectivity index (χ0n) is 23.5. The van der Waals surface area contributed by atoms with E-state index < -0.39 is 11.8 Å². The molecule has 1 aliphatic rings. The van der Waals surface area contributed by atoms with Crippen molar-refractivity contribution < 1.29 is 23.9 Å². The van der Waals surface area contributed by atoms with Crippen LogP contribution in [0.3, 0.4) is 0 Å². The summed E-state index contributed by atoms with van der Waals surface area (Å²) in [4.78, 5) is 43.2. The second-order valence-electron chi connectivity index (χ2n) is 9.85. The van der Waals surface area contributed by atoms with Crippen LogP contribution in [0.15, 0.2) is 114 Å². The summed E-state index contributed by atoms with van der Waals surface area (Å²) in [6.07, 6.45) is 3.44. The highest BCUT2D eigenvalue weighted by Gasteiger charge is 2.17. The van der Waals surface area contributed by atoms with Crippen LogP contribution in [0.5, 0.6) is 11.5 Å². The number of anilines is 2. The van der Waals surface area contributed by atoms with Gasteiger partial charge in [0, 0.05) is 50.6 Å². The van der Waals surface area contributed by atoms with Crippen LogP contribution in [-0.4, -0.2) is 41.7 Å². The molecule has 3 amide bonds. The molecule has 0 fully saturated rings. The fraction of sp³-hybridized carbons (Fsp3) is 0.0882. The summed E-state index contributed by atoms with van der Waals surface area (Å²) >= 11 is 1.33. The van der Waals surface area contributed by atoms with Crippen LogP contribution < -0.4 is 25.4 Å². The molecule has 220 valence electrons. The number of carbonyl (C=O) groups excluding carboxylic acids is 3. The maximum Gasteiger partial charge on any atom is 0.272 e. The van der Waals surface area contributed by atoms with Crippen molar-refractivity contribution in [3.8, 4) is 11.5 Å². The molecule has 2 heterocycles. The number of H-pyrrole nitrogens is 1. The van der Waals surface area contributed by atoms with E-state index in [1.807, 2.05) is 36.4 Å². The van der Waals surface area contributed by atoms with Crippen LogP contribution >= 0.6 is 11.8 Å². The third kappa shape index (κ3) is 6.93. The Kier molecular flexibility index (Phi) is 8.60. The quantitative estimate of drug-likeness (QED) is 0.120. The lowest BCUT2D eigenvalue weighted by Crippen LogP contribution is -2.30. The number of benzene rings is 4. The molecular formula is C34H28N4O5S. The number of fused-ring (bicyclic) bond motifs is 2. The van der Waals surface area contributed by atoms with Gasteiger partial charge in [0.1, 0.15) is 18.9 Å². The van der Waals surface area contributed by atoms with E-state index in [1.165, 1.54) is 11.8 Å². The van der Waals surface area contributed by atoms with Gasteiger partial charge >= 0.3 is 0 Å². The highest BCUT2D eigenvalue weighted by Crippen LogP contribution is 2.33. The van der Waals surface area contributed by atoms with Gasteiger partial charge in [0.15, 0.2) is 11.5 Å². The Labute approximate surface area is 257 Å².